The molecule has 0 fully saturated rings. The highest BCUT2D eigenvalue weighted by molar-refractivity contribution is 7.91. The first-order chi connectivity index (χ1) is 14.9. The fourth-order valence-corrected chi connectivity index (χ4v) is 4.59. The molecule has 168 valence electrons. The average Bonchev–Trinajstić information content (AvgIpc) is 3.16. The van der Waals surface area contributed by atoms with Crippen LogP contribution in [-0.2, 0) is 17.8 Å². The second kappa shape index (κ2) is 7.71. The van der Waals surface area contributed by atoms with Crippen molar-refractivity contribution >= 4 is 28.9 Å². The Bertz CT molecular complexity index is 1120. The third kappa shape index (κ3) is 3.93. The Kier molecular flexibility index (Phi) is 5.41. The van der Waals surface area contributed by atoms with Crippen molar-refractivity contribution in [2.45, 2.75) is 51.4 Å². The number of hydrogen-bond acceptors (Lipinski definition) is 5. The van der Waals surface area contributed by atoms with Crippen molar-refractivity contribution in [3.63, 3.8) is 0 Å². The molecule has 4 rings (SSSR count). The van der Waals surface area contributed by atoms with E-state index in [1.54, 1.807) is 38.1 Å². The summed E-state index contributed by atoms with van der Waals surface area (Å²) in [4.78, 5) is 26.8. The second-order valence-electron chi connectivity index (χ2n) is 9.45. The van der Waals surface area contributed by atoms with Crippen LogP contribution in [0.15, 0.2) is 40.8 Å². The lowest BCUT2D eigenvalue weighted by Gasteiger charge is -2.28. The van der Waals surface area contributed by atoms with Gasteiger partial charge in [-0.05, 0) is 58.9 Å². The fourth-order valence-electron chi connectivity index (χ4n) is 3.97. The molecular weight excluding hydrogens is 431 g/mol. The molecule has 2 aliphatic rings. The van der Waals surface area contributed by atoms with Gasteiger partial charge in [0.05, 0.1) is 23.4 Å². The highest BCUT2D eigenvalue weighted by atomic mass is 32.2. The lowest BCUT2D eigenvalue weighted by molar-refractivity contribution is 0.0419. The molecule has 2 amide bonds. The van der Waals surface area contributed by atoms with Crippen LogP contribution in [0, 0.1) is 5.82 Å². The van der Waals surface area contributed by atoms with Crippen LogP contribution in [0.3, 0.4) is 0 Å². The monoisotopic (exact) mass is 456 g/mol. The van der Waals surface area contributed by atoms with Crippen LogP contribution >= 0.6 is 0 Å². The van der Waals surface area contributed by atoms with Gasteiger partial charge in [0.15, 0.2) is 0 Å². The van der Waals surface area contributed by atoms with Gasteiger partial charge in [0.2, 0.25) is 0 Å². The Morgan fingerprint density at radius 1 is 1.22 bits per heavy atom. The van der Waals surface area contributed by atoms with E-state index in [1.165, 1.54) is 17.0 Å². The van der Waals surface area contributed by atoms with Crippen LogP contribution in [0.2, 0.25) is 0 Å². The molecule has 0 radical (unpaired) electrons. The van der Waals surface area contributed by atoms with E-state index in [0.29, 0.717) is 40.1 Å². The molecule has 1 unspecified atom stereocenters. The number of hydrogen-bond donors (Lipinski definition) is 0. The first-order valence-corrected chi connectivity index (χ1v) is 11.4. The van der Waals surface area contributed by atoms with Gasteiger partial charge in [0, 0.05) is 17.5 Å². The lowest BCUT2D eigenvalue weighted by atomic mass is 9.97. The molecule has 2 heterocycles. The van der Waals surface area contributed by atoms with E-state index in [9.17, 15) is 18.5 Å². The number of carbonyl (C=O) groups excluding carboxylic acids is 2. The normalized spacial score (nSPS) is 21.5. The number of imide groups is 1. The van der Waals surface area contributed by atoms with Crippen LogP contribution in [-0.4, -0.2) is 43.9 Å². The van der Waals surface area contributed by atoms with Gasteiger partial charge in [-0.3, -0.25) is 14.5 Å². The molecule has 2 atom stereocenters. The molecule has 32 heavy (non-hydrogen) atoms. The maximum Gasteiger partial charge on any atom is 0.261 e. The highest BCUT2D eigenvalue weighted by Crippen LogP contribution is 2.40. The minimum absolute atomic E-state index is 0.0270. The maximum absolute atomic E-state index is 14.4. The average molecular weight is 457 g/mol. The largest absolute Gasteiger partial charge is 0.591 e. The SMILES string of the molecule is CC(=N[S@+]([O-])C(C)(C)C)c1cc(F)cc2c1OC(C)(CN1C(=O)c3ccccc3C1=O)C2. The molecule has 0 aliphatic carbocycles. The summed E-state index contributed by atoms with van der Waals surface area (Å²) in [5, 5.41) is 0. The Balaban J connectivity index is 1.63. The van der Waals surface area contributed by atoms with Crippen molar-refractivity contribution < 1.29 is 23.3 Å². The third-order valence-electron chi connectivity index (χ3n) is 5.55. The summed E-state index contributed by atoms with van der Waals surface area (Å²) in [5.41, 5.74) is 1.26. The topological polar surface area (TPSA) is 82.0 Å². The molecule has 0 bridgehead atoms. The summed E-state index contributed by atoms with van der Waals surface area (Å²) >= 11 is -1.51. The zero-order valence-electron chi connectivity index (χ0n) is 18.7. The summed E-state index contributed by atoms with van der Waals surface area (Å²) < 4.78 is 36.8. The van der Waals surface area contributed by atoms with Crippen molar-refractivity contribution in [3.8, 4) is 5.75 Å². The summed E-state index contributed by atoms with van der Waals surface area (Å²) in [6.45, 7) is 8.92. The quantitative estimate of drug-likeness (QED) is 0.394. The van der Waals surface area contributed by atoms with Crippen molar-refractivity contribution in [1.82, 2.24) is 4.90 Å². The second-order valence-corrected chi connectivity index (χ2v) is 11.4. The number of fused-ring (bicyclic) bond motifs is 2. The minimum Gasteiger partial charge on any atom is -0.591 e. The molecule has 6 nitrogen and oxygen atoms in total. The van der Waals surface area contributed by atoms with E-state index in [1.807, 2.05) is 20.8 Å². The van der Waals surface area contributed by atoms with E-state index in [0.717, 1.165) is 0 Å². The van der Waals surface area contributed by atoms with Gasteiger partial charge in [0.25, 0.3) is 11.8 Å². The minimum atomic E-state index is -1.51. The summed E-state index contributed by atoms with van der Waals surface area (Å²) in [7, 11) is 0. The predicted octanol–water partition coefficient (Wildman–Crippen LogP) is 4.09. The lowest BCUT2D eigenvalue weighted by Crippen LogP contribution is -2.46. The summed E-state index contributed by atoms with van der Waals surface area (Å²) in [6, 6.07) is 9.40. The number of rotatable bonds is 4. The van der Waals surface area contributed by atoms with Gasteiger partial charge in [-0.2, -0.15) is 0 Å². The summed E-state index contributed by atoms with van der Waals surface area (Å²) in [6.07, 6.45) is 0.316. The van der Waals surface area contributed by atoms with Gasteiger partial charge < -0.3 is 9.29 Å². The van der Waals surface area contributed by atoms with Crippen molar-refractivity contribution in [2.75, 3.05) is 6.54 Å². The van der Waals surface area contributed by atoms with Crippen LogP contribution in [0.5, 0.6) is 5.75 Å². The van der Waals surface area contributed by atoms with E-state index in [2.05, 4.69) is 4.40 Å². The molecule has 2 aliphatic heterocycles. The zero-order valence-corrected chi connectivity index (χ0v) is 19.5. The molecule has 0 spiro atoms. The third-order valence-corrected chi connectivity index (χ3v) is 7.04. The van der Waals surface area contributed by atoms with Gasteiger partial charge >= 0.3 is 0 Å². The Morgan fingerprint density at radius 3 is 2.38 bits per heavy atom. The van der Waals surface area contributed by atoms with Gasteiger partial charge in [-0.1, -0.05) is 16.5 Å². The van der Waals surface area contributed by atoms with Gasteiger partial charge in [-0.15, -0.1) is 0 Å². The first kappa shape index (κ1) is 22.5. The van der Waals surface area contributed by atoms with E-state index in [4.69, 9.17) is 4.74 Å². The zero-order chi connectivity index (χ0) is 23.4. The molecular formula is C24H25FN2O4S. The van der Waals surface area contributed by atoms with Crippen LogP contribution in [0.25, 0.3) is 0 Å². The number of nitrogens with zero attached hydrogens (tertiary/aromatic N) is 2. The van der Waals surface area contributed by atoms with Crippen molar-refractivity contribution in [2.24, 2.45) is 4.40 Å². The number of ether oxygens (including phenoxy) is 1. The van der Waals surface area contributed by atoms with E-state index in [-0.39, 0.29) is 18.4 Å². The first-order valence-electron chi connectivity index (χ1n) is 10.3. The fraction of sp³-hybridized carbons (Fsp3) is 0.375. The van der Waals surface area contributed by atoms with Crippen molar-refractivity contribution in [3.05, 3.63) is 64.5 Å². The molecule has 8 heteroatoms. The molecule has 2 aromatic rings. The Labute approximate surface area is 189 Å². The standard InChI is InChI=1S/C24H25FN2O4S/c1-14(26-32(30)23(2,3)4)19-11-16(25)10-15-12-24(5,31-20(15)19)13-27-21(28)17-8-6-7-9-18(17)22(27)29/h6-11H,12-13H2,1-5H3/t24?,32-/m1/s1. The van der Waals surface area contributed by atoms with Crippen LogP contribution in [0.4, 0.5) is 4.39 Å². The molecule has 0 N–H and O–H groups in total. The molecule has 0 saturated carbocycles. The molecule has 2 aromatic carbocycles. The van der Waals surface area contributed by atoms with Gasteiger partial charge in [0.1, 0.15) is 33.3 Å². The summed E-state index contributed by atoms with van der Waals surface area (Å²) in [5.74, 6) is -0.742. The number of carbonyl (C=O) groups is 2. The van der Waals surface area contributed by atoms with E-state index >= 15 is 0 Å². The van der Waals surface area contributed by atoms with E-state index < -0.39 is 27.5 Å². The van der Waals surface area contributed by atoms with Crippen LogP contribution < -0.4 is 4.74 Å². The number of amides is 2. The van der Waals surface area contributed by atoms with Gasteiger partial charge in [-0.25, -0.2) is 4.39 Å². The smallest absolute Gasteiger partial charge is 0.261 e. The number of halogens is 1. The highest BCUT2D eigenvalue weighted by Gasteiger charge is 2.44. The Morgan fingerprint density at radius 2 is 1.81 bits per heavy atom. The van der Waals surface area contributed by atoms with Crippen molar-refractivity contribution in [1.29, 1.82) is 0 Å². The Hall–Kier alpha value is -2.71. The maximum atomic E-state index is 14.4. The number of benzene rings is 2. The predicted molar refractivity (Wildman–Crippen MR) is 121 cm³/mol. The molecule has 0 saturated heterocycles. The van der Waals surface area contributed by atoms with Crippen LogP contribution in [0.1, 0.15) is 66.5 Å². The molecule has 0 aromatic heterocycles.